The van der Waals surface area contributed by atoms with Gasteiger partial charge in [0.25, 0.3) is 0 Å². The van der Waals surface area contributed by atoms with Crippen molar-refractivity contribution in [2.45, 2.75) is 32.4 Å². The summed E-state index contributed by atoms with van der Waals surface area (Å²) in [6, 6.07) is 1.96. The summed E-state index contributed by atoms with van der Waals surface area (Å²) in [4.78, 5) is 4.09. The molecule has 0 amide bonds. The minimum atomic E-state index is -0.434. The van der Waals surface area contributed by atoms with Crippen molar-refractivity contribution in [3.05, 3.63) is 18.5 Å². The second-order valence-corrected chi connectivity index (χ2v) is 4.23. The molecule has 0 saturated heterocycles. The van der Waals surface area contributed by atoms with Gasteiger partial charge in [0, 0.05) is 7.05 Å². The maximum absolute atomic E-state index is 9.57. The summed E-state index contributed by atoms with van der Waals surface area (Å²) in [5.41, 5.74) is 1.47. The highest BCUT2D eigenvalue weighted by Crippen LogP contribution is 2.19. The molecular formula is C11H19N3O. The summed E-state index contributed by atoms with van der Waals surface area (Å²) in [6.45, 7) is 5.66. The van der Waals surface area contributed by atoms with Crippen LogP contribution < -0.4 is 10.6 Å². The first-order valence-corrected chi connectivity index (χ1v) is 5.05. The summed E-state index contributed by atoms with van der Waals surface area (Å²) >= 11 is 0. The van der Waals surface area contributed by atoms with Gasteiger partial charge in [-0.3, -0.25) is 4.98 Å². The Balaban J connectivity index is 2.80. The largest absolute Gasteiger partial charge is 0.391 e. The fraction of sp³-hybridized carbons (Fsp3) is 0.545. The third-order valence-corrected chi connectivity index (χ3v) is 2.54. The predicted molar refractivity (Wildman–Crippen MR) is 63.2 cm³/mol. The molecule has 0 radical (unpaired) electrons. The first-order chi connectivity index (χ1) is 6.95. The SMILES string of the molecule is CNc1cncc(NC(C)(C)C(C)O)c1. The molecule has 0 aliphatic rings. The normalized spacial score (nSPS) is 13.4. The lowest BCUT2D eigenvalue weighted by Crippen LogP contribution is -2.41. The number of hydrogen-bond acceptors (Lipinski definition) is 4. The molecule has 0 aliphatic carbocycles. The monoisotopic (exact) mass is 209 g/mol. The van der Waals surface area contributed by atoms with Crippen LogP contribution in [-0.4, -0.2) is 28.8 Å². The van der Waals surface area contributed by atoms with Crippen LogP contribution in [0.2, 0.25) is 0 Å². The summed E-state index contributed by atoms with van der Waals surface area (Å²) in [7, 11) is 1.85. The Kier molecular flexibility index (Phi) is 3.52. The lowest BCUT2D eigenvalue weighted by Gasteiger charge is -2.30. The van der Waals surface area contributed by atoms with Crippen LogP contribution in [0.3, 0.4) is 0 Å². The lowest BCUT2D eigenvalue weighted by atomic mass is 9.98. The zero-order chi connectivity index (χ0) is 11.5. The van der Waals surface area contributed by atoms with Gasteiger partial charge in [0.1, 0.15) is 0 Å². The predicted octanol–water partition coefficient (Wildman–Crippen LogP) is 1.69. The quantitative estimate of drug-likeness (QED) is 0.706. The van der Waals surface area contributed by atoms with E-state index in [4.69, 9.17) is 0 Å². The maximum Gasteiger partial charge on any atom is 0.0736 e. The molecule has 84 valence electrons. The molecule has 0 saturated carbocycles. The molecule has 4 nitrogen and oxygen atoms in total. The van der Waals surface area contributed by atoms with Gasteiger partial charge in [-0.25, -0.2) is 0 Å². The summed E-state index contributed by atoms with van der Waals surface area (Å²) in [5.74, 6) is 0. The molecule has 0 aliphatic heterocycles. The van der Waals surface area contributed by atoms with Crippen molar-refractivity contribution in [2.75, 3.05) is 17.7 Å². The highest BCUT2D eigenvalue weighted by molar-refractivity contribution is 5.54. The van der Waals surface area contributed by atoms with Crippen LogP contribution >= 0.6 is 0 Å². The van der Waals surface area contributed by atoms with E-state index in [1.165, 1.54) is 0 Å². The van der Waals surface area contributed by atoms with Gasteiger partial charge in [-0.1, -0.05) is 0 Å². The first-order valence-electron chi connectivity index (χ1n) is 5.05. The molecule has 1 aromatic rings. The number of aliphatic hydroxyl groups excluding tert-OH is 1. The summed E-state index contributed by atoms with van der Waals surface area (Å²) in [5, 5.41) is 15.8. The van der Waals surface area contributed by atoms with Crippen LogP contribution in [0.4, 0.5) is 11.4 Å². The van der Waals surface area contributed by atoms with Crippen molar-refractivity contribution < 1.29 is 5.11 Å². The Morgan fingerprint density at radius 1 is 1.33 bits per heavy atom. The zero-order valence-electron chi connectivity index (χ0n) is 9.70. The summed E-state index contributed by atoms with van der Waals surface area (Å²) < 4.78 is 0. The van der Waals surface area contributed by atoms with Crippen LogP contribution in [0.5, 0.6) is 0 Å². The van der Waals surface area contributed by atoms with Gasteiger partial charge in [-0.15, -0.1) is 0 Å². The Labute approximate surface area is 90.7 Å². The van der Waals surface area contributed by atoms with E-state index in [0.29, 0.717) is 0 Å². The van der Waals surface area contributed by atoms with E-state index in [9.17, 15) is 5.11 Å². The number of nitrogens with one attached hydrogen (secondary N) is 2. The Hall–Kier alpha value is -1.29. The van der Waals surface area contributed by atoms with Crippen LogP contribution in [0, 0.1) is 0 Å². The molecule has 15 heavy (non-hydrogen) atoms. The van der Waals surface area contributed by atoms with Gasteiger partial charge in [0.15, 0.2) is 0 Å². The van der Waals surface area contributed by atoms with Crippen molar-refractivity contribution in [3.63, 3.8) is 0 Å². The van der Waals surface area contributed by atoms with Gasteiger partial charge in [0.2, 0.25) is 0 Å². The highest BCUT2D eigenvalue weighted by atomic mass is 16.3. The van der Waals surface area contributed by atoms with Gasteiger partial charge in [0.05, 0.1) is 35.4 Å². The van der Waals surface area contributed by atoms with E-state index < -0.39 is 6.10 Å². The minimum absolute atomic E-state index is 0.367. The molecule has 0 fully saturated rings. The van der Waals surface area contributed by atoms with Crippen LogP contribution in [0.15, 0.2) is 18.5 Å². The average molecular weight is 209 g/mol. The third kappa shape index (κ3) is 3.09. The smallest absolute Gasteiger partial charge is 0.0736 e. The maximum atomic E-state index is 9.57. The second-order valence-electron chi connectivity index (χ2n) is 4.23. The van der Waals surface area contributed by atoms with E-state index in [2.05, 4.69) is 15.6 Å². The molecule has 4 heteroatoms. The minimum Gasteiger partial charge on any atom is -0.391 e. The fourth-order valence-corrected chi connectivity index (χ4v) is 1.12. The van der Waals surface area contributed by atoms with E-state index in [1.54, 1.807) is 19.3 Å². The molecule has 1 heterocycles. The first kappa shape index (κ1) is 11.8. The number of rotatable bonds is 4. The van der Waals surface area contributed by atoms with Crippen molar-refractivity contribution in [1.29, 1.82) is 0 Å². The van der Waals surface area contributed by atoms with E-state index in [-0.39, 0.29) is 5.54 Å². The number of anilines is 2. The second kappa shape index (κ2) is 4.49. The lowest BCUT2D eigenvalue weighted by molar-refractivity contribution is 0.133. The number of aromatic nitrogens is 1. The number of nitrogens with zero attached hydrogens (tertiary/aromatic N) is 1. The van der Waals surface area contributed by atoms with Gasteiger partial charge in [-0.05, 0) is 26.8 Å². The number of pyridine rings is 1. The molecule has 0 spiro atoms. The molecule has 0 aromatic carbocycles. The fourth-order valence-electron chi connectivity index (χ4n) is 1.12. The number of aliphatic hydroxyl groups is 1. The van der Waals surface area contributed by atoms with E-state index >= 15 is 0 Å². The van der Waals surface area contributed by atoms with E-state index in [0.717, 1.165) is 11.4 Å². The molecule has 1 unspecified atom stereocenters. The Bertz CT molecular complexity index is 323. The Morgan fingerprint density at radius 3 is 2.47 bits per heavy atom. The van der Waals surface area contributed by atoms with Crippen molar-refractivity contribution >= 4 is 11.4 Å². The zero-order valence-corrected chi connectivity index (χ0v) is 9.70. The van der Waals surface area contributed by atoms with Gasteiger partial charge >= 0.3 is 0 Å². The molecule has 1 aromatic heterocycles. The topological polar surface area (TPSA) is 57.2 Å². The Morgan fingerprint density at radius 2 is 1.93 bits per heavy atom. The highest BCUT2D eigenvalue weighted by Gasteiger charge is 2.23. The van der Waals surface area contributed by atoms with Crippen LogP contribution in [-0.2, 0) is 0 Å². The molecule has 1 atom stereocenters. The average Bonchev–Trinajstić information content (AvgIpc) is 2.17. The van der Waals surface area contributed by atoms with Crippen molar-refractivity contribution in [1.82, 2.24) is 4.98 Å². The van der Waals surface area contributed by atoms with E-state index in [1.807, 2.05) is 27.0 Å². The van der Waals surface area contributed by atoms with Gasteiger partial charge < -0.3 is 15.7 Å². The molecule has 3 N–H and O–H groups in total. The van der Waals surface area contributed by atoms with Crippen molar-refractivity contribution in [2.24, 2.45) is 0 Å². The summed E-state index contributed by atoms with van der Waals surface area (Å²) in [6.07, 6.45) is 3.06. The molecular weight excluding hydrogens is 190 g/mol. The third-order valence-electron chi connectivity index (χ3n) is 2.54. The molecule has 1 rings (SSSR count). The standard InChI is InChI=1S/C11H19N3O/c1-8(15)11(2,3)14-10-5-9(12-4)6-13-7-10/h5-8,12,14-15H,1-4H3. The van der Waals surface area contributed by atoms with Gasteiger partial charge in [-0.2, -0.15) is 0 Å². The van der Waals surface area contributed by atoms with Crippen LogP contribution in [0.1, 0.15) is 20.8 Å². The number of hydrogen-bond donors (Lipinski definition) is 3. The molecule has 0 bridgehead atoms. The van der Waals surface area contributed by atoms with Crippen molar-refractivity contribution in [3.8, 4) is 0 Å². The van der Waals surface area contributed by atoms with Crippen LogP contribution in [0.25, 0.3) is 0 Å².